The van der Waals surface area contributed by atoms with Crippen molar-refractivity contribution in [2.45, 2.75) is 70.4 Å². The van der Waals surface area contributed by atoms with Crippen molar-refractivity contribution in [1.29, 1.82) is 0 Å². The van der Waals surface area contributed by atoms with Gasteiger partial charge in [-0.25, -0.2) is 5.48 Å². The van der Waals surface area contributed by atoms with E-state index in [4.69, 9.17) is 5.21 Å². The molecule has 0 radical (unpaired) electrons. The Morgan fingerprint density at radius 1 is 0.905 bits per heavy atom. The van der Waals surface area contributed by atoms with Gasteiger partial charge in [-0.3, -0.25) is 24.4 Å². The number of hydrogen-bond acceptors (Lipinski definition) is 6. The molecule has 3 aromatic rings. The van der Waals surface area contributed by atoms with E-state index in [0.717, 1.165) is 40.5 Å². The molecule has 1 saturated heterocycles. The van der Waals surface area contributed by atoms with Crippen molar-refractivity contribution < 1.29 is 24.4 Å². The molecule has 4 N–H and O–H groups in total. The minimum absolute atomic E-state index is 0.129. The van der Waals surface area contributed by atoms with E-state index >= 15 is 0 Å². The summed E-state index contributed by atoms with van der Waals surface area (Å²) in [4.78, 5) is 54.8. The molecule has 0 aliphatic carbocycles. The van der Waals surface area contributed by atoms with E-state index in [1.165, 1.54) is 0 Å². The number of amides is 4. The predicted molar refractivity (Wildman–Crippen MR) is 163 cm³/mol. The number of hydroxylamine groups is 1. The van der Waals surface area contributed by atoms with Gasteiger partial charge in [-0.05, 0) is 47.2 Å². The lowest BCUT2D eigenvalue weighted by molar-refractivity contribution is -0.138. The van der Waals surface area contributed by atoms with Crippen molar-refractivity contribution in [2.24, 2.45) is 5.92 Å². The summed E-state index contributed by atoms with van der Waals surface area (Å²) in [6.07, 6.45) is 4.22. The second kappa shape index (κ2) is 15.5. The summed E-state index contributed by atoms with van der Waals surface area (Å²) in [5.41, 5.74) is 3.45. The highest BCUT2D eigenvalue weighted by Crippen LogP contribution is 2.27. The molecule has 9 nitrogen and oxygen atoms in total. The molecular formula is C32H40N4O5S. The van der Waals surface area contributed by atoms with E-state index in [9.17, 15) is 19.2 Å². The second-order valence-electron chi connectivity index (χ2n) is 10.9. The molecule has 224 valence electrons. The molecular weight excluding hydrogens is 552 g/mol. The van der Waals surface area contributed by atoms with Crippen LogP contribution in [0.5, 0.6) is 0 Å². The Kier molecular flexibility index (Phi) is 11.5. The van der Waals surface area contributed by atoms with Crippen LogP contribution in [0.15, 0.2) is 60.0 Å². The van der Waals surface area contributed by atoms with Crippen LogP contribution in [0.3, 0.4) is 0 Å². The van der Waals surface area contributed by atoms with Crippen LogP contribution < -0.4 is 16.1 Å². The number of unbranched alkanes of at least 4 members (excludes halogenated alkanes) is 1. The van der Waals surface area contributed by atoms with Crippen molar-refractivity contribution in [2.75, 3.05) is 13.1 Å². The van der Waals surface area contributed by atoms with Gasteiger partial charge in [0.05, 0.1) is 0 Å². The number of thiophene rings is 1. The zero-order chi connectivity index (χ0) is 29.9. The molecule has 2 heterocycles. The topological polar surface area (TPSA) is 128 Å². The minimum Gasteiger partial charge on any atom is -0.344 e. The Balaban J connectivity index is 1.60. The SMILES string of the molecule is CCCCC(CC(=O)NO)C(=O)NC(Cc1csc2ccccc12)C(=O)N[C@@H](Cc1ccccc1)C(=O)N1CCCC1. The van der Waals surface area contributed by atoms with Crippen molar-refractivity contribution in [3.05, 3.63) is 71.1 Å². The normalized spacial score (nSPS) is 15.1. The first kappa shape index (κ1) is 31.2. The Bertz CT molecular complexity index is 1360. The first-order valence-corrected chi connectivity index (χ1v) is 15.6. The Hall–Kier alpha value is -3.76. The molecule has 2 unspecified atom stereocenters. The van der Waals surface area contributed by atoms with Gasteiger partial charge >= 0.3 is 0 Å². The predicted octanol–water partition coefficient (Wildman–Crippen LogP) is 3.98. The zero-order valence-corrected chi connectivity index (χ0v) is 24.8. The molecule has 1 aromatic heterocycles. The maximum Gasteiger partial charge on any atom is 0.245 e. The number of carbonyl (C=O) groups excluding carboxylic acids is 4. The van der Waals surface area contributed by atoms with E-state index < -0.39 is 35.7 Å². The molecule has 10 heteroatoms. The first-order chi connectivity index (χ1) is 20.4. The smallest absolute Gasteiger partial charge is 0.245 e. The van der Waals surface area contributed by atoms with Gasteiger partial charge in [-0.15, -0.1) is 11.3 Å². The second-order valence-corrected chi connectivity index (χ2v) is 11.8. The highest BCUT2D eigenvalue weighted by Gasteiger charge is 2.32. The van der Waals surface area contributed by atoms with Crippen molar-refractivity contribution >= 4 is 45.1 Å². The molecule has 4 amide bonds. The minimum atomic E-state index is -0.971. The lowest BCUT2D eigenvalue weighted by atomic mass is 9.95. The number of rotatable bonds is 14. The van der Waals surface area contributed by atoms with Crippen LogP contribution in [0.25, 0.3) is 10.1 Å². The van der Waals surface area contributed by atoms with Crippen molar-refractivity contribution in [1.82, 2.24) is 21.0 Å². The van der Waals surface area contributed by atoms with Crippen molar-refractivity contribution in [3.63, 3.8) is 0 Å². The van der Waals surface area contributed by atoms with Crippen LogP contribution >= 0.6 is 11.3 Å². The quantitative estimate of drug-likeness (QED) is 0.166. The molecule has 3 atom stereocenters. The van der Waals surface area contributed by atoms with E-state index in [1.54, 1.807) is 21.7 Å². The fraction of sp³-hybridized carbons (Fsp3) is 0.438. The van der Waals surface area contributed by atoms with E-state index in [2.05, 4.69) is 10.6 Å². The molecule has 0 spiro atoms. The highest BCUT2D eigenvalue weighted by atomic mass is 32.1. The summed E-state index contributed by atoms with van der Waals surface area (Å²) < 4.78 is 1.07. The lowest BCUT2D eigenvalue weighted by Gasteiger charge is -2.27. The third-order valence-corrected chi connectivity index (χ3v) is 8.78. The van der Waals surface area contributed by atoms with Gasteiger partial charge in [0.2, 0.25) is 23.6 Å². The Morgan fingerprint density at radius 3 is 2.31 bits per heavy atom. The van der Waals surface area contributed by atoms with E-state index in [1.807, 2.05) is 66.9 Å². The summed E-state index contributed by atoms with van der Waals surface area (Å²) in [6.45, 7) is 3.31. The standard InChI is InChI=1S/C32H40N4O5S/c1-2-3-13-23(20-29(37)35-41)30(38)33-26(19-24-21-42-28-15-8-7-14-25(24)28)31(39)34-27(18-22-11-5-4-6-12-22)32(40)36-16-9-10-17-36/h4-8,11-12,14-15,21,23,26-27,41H,2-3,9-10,13,16-20H2,1H3,(H,33,38)(H,34,39)(H,35,37)/t23?,26?,27-/m0/s1. The van der Waals surface area contributed by atoms with Crippen LogP contribution in [0.1, 0.15) is 56.6 Å². The molecule has 1 aliphatic rings. The van der Waals surface area contributed by atoms with Gasteiger partial charge in [0.25, 0.3) is 0 Å². The average Bonchev–Trinajstić information content (AvgIpc) is 3.69. The summed E-state index contributed by atoms with van der Waals surface area (Å²) in [6, 6.07) is 15.7. The molecule has 0 saturated carbocycles. The fourth-order valence-corrected chi connectivity index (χ4v) is 6.41. The number of nitrogens with zero attached hydrogens (tertiary/aromatic N) is 1. The van der Waals surface area contributed by atoms with Crippen LogP contribution in [0.2, 0.25) is 0 Å². The number of nitrogens with one attached hydrogen (secondary N) is 3. The summed E-state index contributed by atoms with van der Waals surface area (Å²) >= 11 is 1.57. The fourth-order valence-electron chi connectivity index (χ4n) is 5.44. The third kappa shape index (κ3) is 8.39. The van der Waals surface area contributed by atoms with Crippen LogP contribution in [0.4, 0.5) is 0 Å². The van der Waals surface area contributed by atoms with Gasteiger partial charge in [0.1, 0.15) is 12.1 Å². The number of hydrogen-bond donors (Lipinski definition) is 4. The number of likely N-dealkylation sites (tertiary alicyclic amines) is 1. The zero-order valence-electron chi connectivity index (χ0n) is 24.0. The molecule has 2 aromatic carbocycles. The molecule has 42 heavy (non-hydrogen) atoms. The average molecular weight is 593 g/mol. The van der Waals surface area contributed by atoms with Crippen LogP contribution in [-0.4, -0.2) is 58.9 Å². The molecule has 0 bridgehead atoms. The highest BCUT2D eigenvalue weighted by molar-refractivity contribution is 7.17. The van der Waals surface area contributed by atoms with E-state index in [0.29, 0.717) is 32.4 Å². The number of benzene rings is 2. The number of carbonyl (C=O) groups is 4. The lowest BCUT2D eigenvalue weighted by Crippen LogP contribution is -2.56. The van der Waals surface area contributed by atoms with Crippen LogP contribution in [0, 0.1) is 5.92 Å². The van der Waals surface area contributed by atoms with Gasteiger partial charge in [0.15, 0.2) is 0 Å². The molecule has 1 aliphatic heterocycles. The van der Waals surface area contributed by atoms with E-state index in [-0.39, 0.29) is 18.7 Å². The molecule has 1 fully saturated rings. The third-order valence-electron chi connectivity index (χ3n) is 7.77. The largest absolute Gasteiger partial charge is 0.344 e. The van der Waals surface area contributed by atoms with Crippen molar-refractivity contribution in [3.8, 4) is 0 Å². The van der Waals surface area contributed by atoms with Gasteiger partial charge in [0, 0.05) is 43.0 Å². The summed E-state index contributed by atoms with van der Waals surface area (Å²) in [5, 5.41) is 17.9. The van der Waals surface area contributed by atoms with Gasteiger partial charge in [-0.2, -0.15) is 0 Å². The van der Waals surface area contributed by atoms with Gasteiger partial charge in [-0.1, -0.05) is 68.3 Å². The maximum atomic E-state index is 14.0. The number of fused-ring (bicyclic) bond motifs is 1. The first-order valence-electron chi connectivity index (χ1n) is 14.7. The summed E-state index contributed by atoms with van der Waals surface area (Å²) in [5.74, 6) is -2.38. The summed E-state index contributed by atoms with van der Waals surface area (Å²) in [7, 11) is 0. The Labute approximate surface area is 250 Å². The van der Waals surface area contributed by atoms with Crippen LogP contribution in [-0.2, 0) is 32.0 Å². The Morgan fingerprint density at radius 2 is 1.60 bits per heavy atom. The molecule has 4 rings (SSSR count). The maximum absolute atomic E-state index is 14.0. The van der Waals surface area contributed by atoms with Gasteiger partial charge < -0.3 is 15.5 Å². The monoisotopic (exact) mass is 592 g/mol.